The average Bonchev–Trinajstić information content (AvgIpc) is 2.75. The maximum Gasteiger partial charge on any atom is 0.129 e. The highest BCUT2D eigenvalue weighted by Gasteiger charge is 2.17. The fourth-order valence-electron chi connectivity index (χ4n) is 2.35. The van der Waals surface area contributed by atoms with Gasteiger partial charge in [-0.3, -0.25) is 9.67 Å². The maximum absolute atomic E-state index is 6.20. The molecule has 0 amide bonds. The first-order chi connectivity index (χ1) is 10.1. The fraction of sp³-hybridized carbons (Fsp3) is 0.125. The minimum Gasteiger partial charge on any atom is -0.383 e. The molecule has 0 radical (unpaired) electrons. The monoisotopic (exact) mass is 298 g/mol. The van der Waals surface area contributed by atoms with Crippen LogP contribution >= 0.6 is 11.6 Å². The largest absolute Gasteiger partial charge is 0.383 e. The topological polar surface area (TPSA) is 56.7 Å². The molecular formula is C16H15ClN4. The highest BCUT2D eigenvalue weighted by atomic mass is 35.5. The van der Waals surface area contributed by atoms with Crippen LogP contribution in [0, 0.1) is 6.92 Å². The zero-order valence-corrected chi connectivity index (χ0v) is 12.6. The first-order valence-corrected chi connectivity index (χ1v) is 6.94. The first-order valence-electron chi connectivity index (χ1n) is 6.56. The van der Waals surface area contributed by atoms with Gasteiger partial charge in [-0.25, -0.2) is 0 Å². The van der Waals surface area contributed by atoms with Crippen molar-refractivity contribution in [3.05, 3.63) is 53.3 Å². The lowest BCUT2D eigenvalue weighted by Gasteiger charge is -2.05. The lowest BCUT2D eigenvalue weighted by Crippen LogP contribution is -1.97. The van der Waals surface area contributed by atoms with Gasteiger partial charge in [0.25, 0.3) is 0 Å². The number of aryl methyl sites for hydroxylation is 2. The Morgan fingerprint density at radius 3 is 2.67 bits per heavy atom. The second-order valence-electron chi connectivity index (χ2n) is 4.99. The molecule has 0 saturated heterocycles. The van der Waals surface area contributed by atoms with Crippen molar-refractivity contribution in [2.24, 2.45) is 7.05 Å². The predicted octanol–water partition coefficient (Wildman–Crippen LogP) is 3.69. The SMILES string of the molecule is Cc1cncc(-c2nn(C)c(N)c2-c2cccc(Cl)c2)c1. The molecule has 3 rings (SSSR count). The molecule has 0 atom stereocenters. The molecular weight excluding hydrogens is 284 g/mol. The van der Waals surface area contributed by atoms with E-state index in [4.69, 9.17) is 17.3 Å². The Morgan fingerprint density at radius 2 is 1.95 bits per heavy atom. The number of pyridine rings is 1. The van der Waals surface area contributed by atoms with Crippen molar-refractivity contribution in [1.29, 1.82) is 0 Å². The Hall–Kier alpha value is -2.33. The summed E-state index contributed by atoms with van der Waals surface area (Å²) in [4.78, 5) is 4.24. The van der Waals surface area contributed by atoms with E-state index >= 15 is 0 Å². The van der Waals surface area contributed by atoms with Crippen molar-refractivity contribution < 1.29 is 0 Å². The van der Waals surface area contributed by atoms with E-state index in [9.17, 15) is 0 Å². The first kappa shape index (κ1) is 13.6. The van der Waals surface area contributed by atoms with Gasteiger partial charge in [0.1, 0.15) is 11.5 Å². The number of hydrogen-bond donors (Lipinski definition) is 1. The van der Waals surface area contributed by atoms with Crippen molar-refractivity contribution in [3.8, 4) is 22.4 Å². The number of anilines is 1. The summed E-state index contributed by atoms with van der Waals surface area (Å²) in [6.45, 7) is 2.00. The van der Waals surface area contributed by atoms with Crippen molar-refractivity contribution in [3.63, 3.8) is 0 Å². The van der Waals surface area contributed by atoms with Gasteiger partial charge in [-0.1, -0.05) is 23.7 Å². The van der Waals surface area contributed by atoms with E-state index in [1.807, 2.05) is 50.5 Å². The van der Waals surface area contributed by atoms with Gasteiger partial charge in [-0.05, 0) is 36.2 Å². The summed E-state index contributed by atoms with van der Waals surface area (Å²) < 4.78 is 1.67. The second kappa shape index (κ2) is 5.22. The normalized spacial score (nSPS) is 10.8. The van der Waals surface area contributed by atoms with Gasteiger partial charge in [0.05, 0.1) is 5.56 Å². The number of benzene rings is 1. The van der Waals surface area contributed by atoms with Gasteiger partial charge in [0, 0.05) is 30.0 Å². The van der Waals surface area contributed by atoms with Gasteiger partial charge >= 0.3 is 0 Å². The van der Waals surface area contributed by atoms with E-state index < -0.39 is 0 Å². The Balaban J connectivity index is 2.25. The molecule has 0 unspecified atom stereocenters. The van der Waals surface area contributed by atoms with Crippen molar-refractivity contribution in [2.45, 2.75) is 6.92 Å². The highest BCUT2D eigenvalue weighted by molar-refractivity contribution is 6.30. The van der Waals surface area contributed by atoms with Crippen molar-refractivity contribution >= 4 is 17.4 Å². The Morgan fingerprint density at radius 1 is 1.14 bits per heavy atom. The number of nitrogens with two attached hydrogens (primary N) is 1. The van der Waals surface area contributed by atoms with Crippen molar-refractivity contribution in [1.82, 2.24) is 14.8 Å². The number of hydrogen-bond acceptors (Lipinski definition) is 3. The third-order valence-corrected chi connectivity index (χ3v) is 3.59. The van der Waals surface area contributed by atoms with E-state index in [2.05, 4.69) is 10.1 Å². The summed E-state index contributed by atoms with van der Waals surface area (Å²) in [5, 5.41) is 5.21. The third-order valence-electron chi connectivity index (χ3n) is 3.35. The van der Waals surface area contributed by atoms with E-state index in [0.717, 1.165) is 27.9 Å². The number of aromatic nitrogens is 3. The van der Waals surface area contributed by atoms with Gasteiger partial charge in [-0.15, -0.1) is 0 Å². The van der Waals surface area contributed by atoms with Crippen LogP contribution in [0.3, 0.4) is 0 Å². The average molecular weight is 299 g/mol. The molecule has 2 aromatic heterocycles. The second-order valence-corrected chi connectivity index (χ2v) is 5.43. The molecule has 106 valence electrons. The van der Waals surface area contributed by atoms with Crippen LogP contribution in [-0.2, 0) is 7.05 Å². The van der Waals surface area contributed by atoms with Crippen molar-refractivity contribution in [2.75, 3.05) is 5.73 Å². The van der Waals surface area contributed by atoms with Crippen LogP contribution in [0.25, 0.3) is 22.4 Å². The zero-order chi connectivity index (χ0) is 15.0. The minimum absolute atomic E-state index is 0.605. The van der Waals surface area contributed by atoms with Crippen LogP contribution in [0.5, 0.6) is 0 Å². The molecule has 0 bridgehead atoms. The molecule has 0 aliphatic carbocycles. The summed E-state index contributed by atoms with van der Waals surface area (Å²) in [7, 11) is 1.83. The number of nitrogen functional groups attached to an aromatic ring is 1. The van der Waals surface area contributed by atoms with E-state index in [0.29, 0.717) is 10.8 Å². The number of rotatable bonds is 2. The van der Waals surface area contributed by atoms with Crippen LogP contribution in [0.1, 0.15) is 5.56 Å². The molecule has 0 saturated carbocycles. The molecule has 4 nitrogen and oxygen atoms in total. The quantitative estimate of drug-likeness (QED) is 0.785. The summed E-state index contributed by atoms with van der Waals surface area (Å²) in [5.41, 5.74) is 10.9. The summed E-state index contributed by atoms with van der Waals surface area (Å²) in [6, 6.07) is 9.66. The molecule has 0 spiro atoms. The van der Waals surface area contributed by atoms with Crippen LogP contribution in [-0.4, -0.2) is 14.8 Å². The Labute approximate surface area is 128 Å². The minimum atomic E-state index is 0.605. The molecule has 0 fully saturated rings. The molecule has 3 aromatic rings. The smallest absolute Gasteiger partial charge is 0.129 e. The lowest BCUT2D eigenvalue weighted by atomic mass is 10.0. The van der Waals surface area contributed by atoms with Gasteiger partial charge in [0.15, 0.2) is 0 Å². The lowest BCUT2D eigenvalue weighted by molar-refractivity contribution is 0.782. The van der Waals surface area contributed by atoms with Gasteiger partial charge in [0.2, 0.25) is 0 Å². The van der Waals surface area contributed by atoms with E-state index in [1.165, 1.54) is 0 Å². The Kier molecular flexibility index (Phi) is 3.39. The van der Waals surface area contributed by atoms with Crippen LogP contribution in [0.2, 0.25) is 5.02 Å². The fourth-order valence-corrected chi connectivity index (χ4v) is 2.54. The molecule has 5 heteroatoms. The molecule has 1 aromatic carbocycles. The van der Waals surface area contributed by atoms with Gasteiger partial charge < -0.3 is 5.73 Å². The summed E-state index contributed by atoms with van der Waals surface area (Å²) >= 11 is 6.10. The third kappa shape index (κ3) is 2.50. The predicted molar refractivity (Wildman–Crippen MR) is 86.0 cm³/mol. The summed E-state index contributed by atoms with van der Waals surface area (Å²) in [5.74, 6) is 0.605. The van der Waals surface area contributed by atoms with E-state index in [1.54, 1.807) is 10.9 Å². The van der Waals surface area contributed by atoms with Crippen LogP contribution < -0.4 is 5.73 Å². The maximum atomic E-state index is 6.20. The van der Waals surface area contributed by atoms with Gasteiger partial charge in [-0.2, -0.15) is 5.10 Å². The number of halogens is 1. The molecule has 2 N–H and O–H groups in total. The zero-order valence-electron chi connectivity index (χ0n) is 11.8. The standard InChI is InChI=1S/C16H15ClN4/c1-10-6-12(9-19-8-10)15-14(16(18)21(2)20-15)11-4-3-5-13(17)7-11/h3-9H,18H2,1-2H3. The highest BCUT2D eigenvalue weighted by Crippen LogP contribution is 2.36. The molecule has 0 aliphatic rings. The van der Waals surface area contributed by atoms with Crippen LogP contribution in [0.4, 0.5) is 5.82 Å². The summed E-state index contributed by atoms with van der Waals surface area (Å²) in [6.07, 6.45) is 3.61. The molecule has 0 aliphatic heterocycles. The van der Waals surface area contributed by atoms with Crippen LogP contribution in [0.15, 0.2) is 42.7 Å². The molecule has 21 heavy (non-hydrogen) atoms. The Bertz CT molecular complexity index is 808. The van der Waals surface area contributed by atoms with E-state index in [-0.39, 0.29) is 0 Å². The number of nitrogens with zero attached hydrogens (tertiary/aromatic N) is 3. The molecule has 2 heterocycles.